The predicted molar refractivity (Wildman–Crippen MR) is 83.3 cm³/mol. The van der Waals surface area contributed by atoms with E-state index in [1.807, 2.05) is 25.1 Å². The van der Waals surface area contributed by atoms with E-state index in [0.29, 0.717) is 17.4 Å². The molecule has 0 aromatic heterocycles. The molecular weight excluding hydrogens is 274 g/mol. The van der Waals surface area contributed by atoms with E-state index in [9.17, 15) is 4.79 Å². The Bertz CT molecular complexity index is 491. The number of rotatable bonds is 5. The molecule has 0 heterocycles. The molecule has 0 saturated heterocycles. The first-order chi connectivity index (χ1) is 9.52. The number of hydrazine groups is 1. The van der Waals surface area contributed by atoms with Gasteiger partial charge in [0.25, 0.3) is 5.91 Å². The second kappa shape index (κ2) is 8.16. The van der Waals surface area contributed by atoms with Crippen molar-refractivity contribution in [2.75, 3.05) is 6.54 Å². The number of carbonyl (C=O) groups excluding carboxylic acids is 1. The molecule has 0 saturated carbocycles. The molecule has 20 heavy (non-hydrogen) atoms. The van der Waals surface area contributed by atoms with Gasteiger partial charge in [0.1, 0.15) is 5.75 Å². The van der Waals surface area contributed by atoms with Crippen molar-refractivity contribution < 1.29 is 9.53 Å². The number of benzene rings is 1. The molecule has 0 unspecified atom stereocenters. The van der Waals surface area contributed by atoms with Crippen LogP contribution >= 0.6 is 12.2 Å². The van der Waals surface area contributed by atoms with Crippen molar-refractivity contribution in [2.24, 2.45) is 0 Å². The third-order valence-electron chi connectivity index (χ3n) is 2.38. The number of ether oxygens (including phenoxy) is 1. The molecule has 0 aliphatic carbocycles. The van der Waals surface area contributed by atoms with Gasteiger partial charge in [-0.2, -0.15) is 0 Å². The van der Waals surface area contributed by atoms with Gasteiger partial charge < -0.3 is 10.1 Å². The molecule has 0 spiro atoms. The largest absolute Gasteiger partial charge is 0.481 e. The Hall–Kier alpha value is -2.08. The van der Waals surface area contributed by atoms with Crippen LogP contribution in [0.2, 0.25) is 0 Å². The van der Waals surface area contributed by atoms with Crippen LogP contribution in [0.4, 0.5) is 0 Å². The van der Waals surface area contributed by atoms with Crippen molar-refractivity contribution in [2.45, 2.75) is 20.0 Å². The zero-order valence-corrected chi connectivity index (χ0v) is 12.4. The van der Waals surface area contributed by atoms with Crippen molar-refractivity contribution in [3.8, 4) is 5.75 Å². The summed E-state index contributed by atoms with van der Waals surface area (Å²) in [5.74, 6) is 0.342. The molecule has 0 aliphatic rings. The summed E-state index contributed by atoms with van der Waals surface area (Å²) >= 11 is 4.95. The van der Waals surface area contributed by atoms with Gasteiger partial charge in [-0.15, -0.1) is 6.58 Å². The number of hydrogen-bond donors (Lipinski definition) is 3. The van der Waals surface area contributed by atoms with Crippen LogP contribution < -0.4 is 20.9 Å². The van der Waals surface area contributed by atoms with Crippen LogP contribution in [-0.4, -0.2) is 23.7 Å². The minimum absolute atomic E-state index is 0.311. The Morgan fingerprint density at radius 1 is 1.50 bits per heavy atom. The van der Waals surface area contributed by atoms with Gasteiger partial charge in [-0.3, -0.25) is 15.6 Å². The molecule has 1 aromatic rings. The Morgan fingerprint density at radius 3 is 2.90 bits per heavy atom. The van der Waals surface area contributed by atoms with Crippen LogP contribution in [0.3, 0.4) is 0 Å². The molecule has 0 aliphatic heterocycles. The second-order valence-corrected chi connectivity index (χ2v) is 4.60. The lowest BCUT2D eigenvalue weighted by Gasteiger charge is -2.16. The Balaban J connectivity index is 2.39. The van der Waals surface area contributed by atoms with Crippen LogP contribution in [-0.2, 0) is 4.79 Å². The van der Waals surface area contributed by atoms with Gasteiger partial charge in [0, 0.05) is 6.54 Å². The summed E-state index contributed by atoms with van der Waals surface area (Å²) < 4.78 is 5.54. The molecule has 0 radical (unpaired) electrons. The normalized spacial score (nSPS) is 11.1. The van der Waals surface area contributed by atoms with E-state index in [1.54, 1.807) is 19.1 Å². The zero-order valence-electron chi connectivity index (χ0n) is 11.6. The number of hydrogen-bond acceptors (Lipinski definition) is 3. The van der Waals surface area contributed by atoms with E-state index < -0.39 is 6.10 Å². The Morgan fingerprint density at radius 2 is 2.25 bits per heavy atom. The fraction of sp³-hybridized carbons (Fsp3) is 0.286. The van der Waals surface area contributed by atoms with E-state index in [2.05, 4.69) is 22.7 Å². The third kappa shape index (κ3) is 5.71. The van der Waals surface area contributed by atoms with Crippen LogP contribution in [0.5, 0.6) is 5.75 Å². The smallest absolute Gasteiger partial charge is 0.279 e. The molecular formula is C14H19N3O2S. The van der Waals surface area contributed by atoms with E-state index in [4.69, 9.17) is 17.0 Å². The molecule has 0 bridgehead atoms. The summed E-state index contributed by atoms with van der Waals surface area (Å²) in [6.07, 6.45) is 1.03. The fourth-order valence-corrected chi connectivity index (χ4v) is 1.51. The number of aryl methyl sites for hydroxylation is 1. The van der Waals surface area contributed by atoms with Crippen molar-refractivity contribution in [3.63, 3.8) is 0 Å². The molecule has 1 aromatic carbocycles. The average Bonchev–Trinajstić information content (AvgIpc) is 2.42. The van der Waals surface area contributed by atoms with E-state index >= 15 is 0 Å². The highest BCUT2D eigenvalue weighted by molar-refractivity contribution is 7.80. The molecule has 0 fully saturated rings. The average molecular weight is 293 g/mol. The zero-order chi connectivity index (χ0) is 15.0. The third-order valence-corrected chi connectivity index (χ3v) is 2.62. The highest BCUT2D eigenvalue weighted by Gasteiger charge is 2.14. The lowest BCUT2D eigenvalue weighted by molar-refractivity contribution is -0.127. The second-order valence-electron chi connectivity index (χ2n) is 4.19. The van der Waals surface area contributed by atoms with E-state index in [1.165, 1.54) is 0 Å². The monoisotopic (exact) mass is 293 g/mol. The van der Waals surface area contributed by atoms with Gasteiger partial charge >= 0.3 is 0 Å². The molecule has 6 heteroatoms. The fourth-order valence-electron chi connectivity index (χ4n) is 1.38. The van der Waals surface area contributed by atoms with Gasteiger partial charge in [-0.1, -0.05) is 18.2 Å². The summed E-state index contributed by atoms with van der Waals surface area (Å²) in [6.45, 7) is 7.71. The summed E-state index contributed by atoms with van der Waals surface area (Å²) in [5.41, 5.74) is 6.13. The number of nitrogens with one attached hydrogen (secondary N) is 3. The maximum absolute atomic E-state index is 11.8. The quantitative estimate of drug-likeness (QED) is 0.436. The molecule has 3 N–H and O–H groups in total. The van der Waals surface area contributed by atoms with Crippen LogP contribution in [0.25, 0.3) is 0 Å². The van der Waals surface area contributed by atoms with Gasteiger partial charge in [-0.05, 0) is 43.8 Å². The standard InChI is InChI=1S/C14H19N3O2S/c1-4-8-15-14(20)17-16-13(18)11(3)19-12-7-5-6-10(2)9-12/h4-7,9,11H,1,8H2,2-3H3,(H,16,18)(H2,15,17,20)/t11-/m1/s1. The molecule has 1 rings (SSSR count). The van der Waals surface area contributed by atoms with Crippen molar-refractivity contribution in [1.29, 1.82) is 0 Å². The van der Waals surface area contributed by atoms with Crippen LogP contribution in [0.1, 0.15) is 12.5 Å². The van der Waals surface area contributed by atoms with Crippen molar-refractivity contribution in [3.05, 3.63) is 42.5 Å². The number of thiocarbonyl (C=S) groups is 1. The van der Waals surface area contributed by atoms with Crippen LogP contribution in [0, 0.1) is 6.92 Å². The van der Waals surface area contributed by atoms with Crippen molar-refractivity contribution in [1.82, 2.24) is 16.2 Å². The number of amides is 1. The first kappa shape index (κ1) is 16.0. The Labute approximate surface area is 124 Å². The molecule has 108 valence electrons. The minimum Gasteiger partial charge on any atom is -0.481 e. The molecule has 1 amide bonds. The summed E-state index contributed by atoms with van der Waals surface area (Å²) in [5, 5.41) is 3.15. The highest BCUT2D eigenvalue weighted by atomic mass is 32.1. The summed E-state index contributed by atoms with van der Waals surface area (Å²) in [4.78, 5) is 11.8. The van der Waals surface area contributed by atoms with Crippen molar-refractivity contribution >= 4 is 23.2 Å². The summed E-state index contributed by atoms with van der Waals surface area (Å²) in [7, 11) is 0. The predicted octanol–water partition coefficient (Wildman–Crippen LogP) is 1.44. The maximum Gasteiger partial charge on any atom is 0.279 e. The lowest BCUT2D eigenvalue weighted by Crippen LogP contribution is -2.50. The molecule has 1 atom stereocenters. The maximum atomic E-state index is 11.8. The first-order valence-electron chi connectivity index (χ1n) is 6.21. The van der Waals surface area contributed by atoms with E-state index in [0.717, 1.165) is 5.56 Å². The highest BCUT2D eigenvalue weighted by Crippen LogP contribution is 2.13. The summed E-state index contributed by atoms with van der Waals surface area (Å²) in [6, 6.07) is 7.51. The van der Waals surface area contributed by atoms with E-state index in [-0.39, 0.29) is 5.91 Å². The number of carbonyl (C=O) groups is 1. The SMILES string of the molecule is C=CCNC(=S)NNC(=O)[C@@H](C)Oc1cccc(C)c1. The topological polar surface area (TPSA) is 62.4 Å². The first-order valence-corrected chi connectivity index (χ1v) is 6.61. The Kier molecular flexibility index (Phi) is 6.52. The molecule has 5 nitrogen and oxygen atoms in total. The van der Waals surface area contributed by atoms with Gasteiger partial charge in [0.2, 0.25) is 0 Å². The van der Waals surface area contributed by atoms with Gasteiger partial charge in [-0.25, -0.2) is 0 Å². The lowest BCUT2D eigenvalue weighted by atomic mass is 10.2. The minimum atomic E-state index is -0.633. The van der Waals surface area contributed by atoms with Gasteiger partial charge in [0.15, 0.2) is 11.2 Å². The van der Waals surface area contributed by atoms with Gasteiger partial charge in [0.05, 0.1) is 0 Å². The van der Waals surface area contributed by atoms with Crippen LogP contribution in [0.15, 0.2) is 36.9 Å².